The third-order valence-corrected chi connectivity index (χ3v) is 3.28. The van der Waals surface area contributed by atoms with Crippen LogP contribution >= 0.6 is 0 Å². The van der Waals surface area contributed by atoms with Crippen molar-refractivity contribution in [2.45, 2.75) is 0 Å². The summed E-state index contributed by atoms with van der Waals surface area (Å²) in [6.45, 7) is 0.559. The summed E-state index contributed by atoms with van der Waals surface area (Å²) in [7, 11) is 3.12. The lowest BCUT2D eigenvalue weighted by molar-refractivity contribution is 0.247. The number of nitriles is 1. The van der Waals surface area contributed by atoms with Crippen molar-refractivity contribution in [3.05, 3.63) is 48.0 Å². The van der Waals surface area contributed by atoms with Crippen LogP contribution in [-0.2, 0) is 0 Å². The summed E-state index contributed by atoms with van der Waals surface area (Å²) < 4.78 is 15.9. The number of anilines is 1. The Hall–Kier alpha value is -3.40. The van der Waals surface area contributed by atoms with Crippen molar-refractivity contribution in [1.82, 2.24) is 5.32 Å². The van der Waals surface area contributed by atoms with E-state index in [0.717, 1.165) is 0 Å². The van der Waals surface area contributed by atoms with Crippen LogP contribution in [0.1, 0.15) is 5.56 Å². The van der Waals surface area contributed by atoms with Crippen molar-refractivity contribution < 1.29 is 19.0 Å². The molecule has 0 bridgehead atoms. The monoisotopic (exact) mass is 341 g/mol. The van der Waals surface area contributed by atoms with Gasteiger partial charge in [0.1, 0.15) is 29.9 Å². The van der Waals surface area contributed by atoms with Crippen LogP contribution in [0.5, 0.6) is 17.2 Å². The molecule has 25 heavy (non-hydrogen) atoms. The molecule has 0 saturated carbocycles. The number of hydrogen-bond donors (Lipinski definition) is 2. The predicted molar refractivity (Wildman–Crippen MR) is 93.2 cm³/mol. The van der Waals surface area contributed by atoms with E-state index in [1.54, 1.807) is 56.7 Å². The van der Waals surface area contributed by atoms with Crippen LogP contribution in [0.3, 0.4) is 0 Å². The van der Waals surface area contributed by atoms with Crippen LogP contribution in [0.15, 0.2) is 42.5 Å². The van der Waals surface area contributed by atoms with Crippen LogP contribution in [0, 0.1) is 11.3 Å². The molecule has 7 nitrogen and oxygen atoms in total. The number of carbonyl (C=O) groups excluding carboxylic acids is 1. The molecule has 2 aromatic rings. The number of nitrogens with zero attached hydrogens (tertiary/aromatic N) is 1. The van der Waals surface area contributed by atoms with Crippen molar-refractivity contribution in [2.24, 2.45) is 0 Å². The van der Waals surface area contributed by atoms with E-state index >= 15 is 0 Å². The van der Waals surface area contributed by atoms with Gasteiger partial charge in [-0.05, 0) is 12.1 Å². The van der Waals surface area contributed by atoms with Crippen LogP contribution in [0.25, 0.3) is 0 Å². The van der Waals surface area contributed by atoms with E-state index in [9.17, 15) is 4.79 Å². The quantitative estimate of drug-likeness (QED) is 0.756. The molecule has 7 heteroatoms. The fourth-order valence-corrected chi connectivity index (χ4v) is 2.05. The van der Waals surface area contributed by atoms with E-state index in [-0.39, 0.29) is 6.61 Å². The Morgan fingerprint density at radius 1 is 1.08 bits per heavy atom. The van der Waals surface area contributed by atoms with E-state index < -0.39 is 6.03 Å². The molecule has 0 aromatic heterocycles. The minimum atomic E-state index is -0.408. The molecular weight excluding hydrogens is 322 g/mol. The molecule has 0 unspecified atom stereocenters. The first-order valence-corrected chi connectivity index (χ1v) is 7.56. The lowest BCUT2D eigenvalue weighted by Crippen LogP contribution is -2.32. The van der Waals surface area contributed by atoms with Crippen LogP contribution in [0.4, 0.5) is 10.5 Å². The normalized spacial score (nSPS) is 9.64. The molecule has 2 aromatic carbocycles. The Kier molecular flexibility index (Phi) is 6.48. The Bertz CT molecular complexity index is 749. The summed E-state index contributed by atoms with van der Waals surface area (Å²) in [6, 6.07) is 13.6. The minimum absolute atomic E-state index is 0.267. The lowest BCUT2D eigenvalue weighted by Gasteiger charge is -2.11. The molecule has 0 saturated heterocycles. The fourth-order valence-electron chi connectivity index (χ4n) is 2.05. The number of amides is 2. The number of hydrogen-bond acceptors (Lipinski definition) is 5. The van der Waals surface area contributed by atoms with Gasteiger partial charge in [0.05, 0.1) is 32.0 Å². The number of rotatable bonds is 7. The molecule has 2 N–H and O–H groups in total. The largest absolute Gasteiger partial charge is 0.496 e. The van der Waals surface area contributed by atoms with Crippen molar-refractivity contribution in [1.29, 1.82) is 5.26 Å². The zero-order valence-corrected chi connectivity index (χ0v) is 14.0. The maximum absolute atomic E-state index is 11.9. The molecule has 0 heterocycles. The topological polar surface area (TPSA) is 92.6 Å². The van der Waals surface area contributed by atoms with Gasteiger partial charge in [-0.3, -0.25) is 0 Å². The van der Waals surface area contributed by atoms with Crippen molar-refractivity contribution in [2.75, 3.05) is 32.7 Å². The van der Waals surface area contributed by atoms with E-state index in [2.05, 4.69) is 10.6 Å². The average Bonchev–Trinajstić information content (AvgIpc) is 2.65. The summed E-state index contributed by atoms with van der Waals surface area (Å²) in [6.07, 6.45) is 0. The number of nitrogens with one attached hydrogen (secondary N) is 2. The van der Waals surface area contributed by atoms with Crippen molar-refractivity contribution in [3.8, 4) is 23.3 Å². The Morgan fingerprint density at radius 3 is 2.36 bits per heavy atom. The zero-order chi connectivity index (χ0) is 18.1. The number of para-hydroxylation sites is 1. The third kappa shape index (κ3) is 5.32. The molecule has 0 fully saturated rings. The van der Waals surface area contributed by atoms with E-state index in [4.69, 9.17) is 19.5 Å². The lowest BCUT2D eigenvalue weighted by atomic mass is 10.2. The highest BCUT2D eigenvalue weighted by Gasteiger charge is 2.06. The zero-order valence-electron chi connectivity index (χ0n) is 14.0. The highest BCUT2D eigenvalue weighted by atomic mass is 16.5. The second-order valence-corrected chi connectivity index (χ2v) is 4.94. The minimum Gasteiger partial charge on any atom is -0.496 e. The summed E-state index contributed by atoms with van der Waals surface area (Å²) in [5.41, 5.74) is 0.860. The molecule has 2 amide bonds. The molecule has 0 aliphatic carbocycles. The van der Waals surface area contributed by atoms with Crippen LogP contribution in [-0.4, -0.2) is 33.4 Å². The van der Waals surface area contributed by atoms with Gasteiger partial charge < -0.3 is 24.8 Å². The molecule has 0 atom stereocenters. The van der Waals surface area contributed by atoms with Gasteiger partial charge in [-0.15, -0.1) is 0 Å². The summed E-state index contributed by atoms with van der Waals surface area (Å²) in [5, 5.41) is 14.3. The first-order valence-electron chi connectivity index (χ1n) is 7.56. The van der Waals surface area contributed by atoms with Crippen LogP contribution < -0.4 is 24.8 Å². The van der Waals surface area contributed by atoms with Gasteiger partial charge in [-0.25, -0.2) is 4.79 Å². The van der Waals surface area contributed by atoms with Gasteiger partial charge in [0.2, 0.25) is 0 Å². The maximum Gasteiger partial charge on any atom is 0.319 e. The SMILES string of the molecule is COc1cc(OC)cc(OCCNC(=O)Nc2ccccc2C#N)c1. The number of urea groups is 1. The third-order valence-electron chi connectivity index (χ3n) is 3.28. The number of ether oxygens (including phenoxy) is 3. The van der Waals surface area contributed by atoms with E-state index in [1.807, 2.05) is 6.07 Å². The number of benzene rings is 2. The van der Waals surface area contributed by atoms with Gasteiger partial charge in [0, 0.05) is 18.2 Å². The van der Waals surface area contributed by atoms with E-state index in [1.165, 1.54) is 0 Å². The van der Waals surface area contributed by atoms with Crippen molar-refractivity contribution >= 4 is 11.7 Å². The second-order valence-electron chi connectivity index (χ2n) is 4.94. The van der Waals surface area contributed by atoms with Gasteiger partial charge >= 0.3 is 6.03 Å². The summed E-state index contributed by atoms with van der Waals surface area (Å²) in [4.78, 5) is 11.9. The fraction of sp³-hybridized carbons (Fsp3) is 0.222. The molecule has 0 aliphatic heterocycles. The Morgan fingerprint density at radius 2 is 1.72 bits per heavy atom. The van der Waals surface area contributed by atoms with Gasteiger partial charge in [-0.2, -0.15) is 5.26 Å². The maximum atomic E-state index is 11.9. The summed E-state index contributed by atoms with van der Waals surface area (Å²) in [5.74, 6) is 1.81. The highest BCUT2D eigenvalue weighted by molar-refractivity contribution is 5.90. The first kappa shape index (κ1) is 17.9. The number of methoxy groups -OCH3 is 2. The number of carbonyl (C=O) groups is 1. The first-order chi connectivity index (χ1) is 12.2. The molecule has 130 valence electrons. The standard InChI is InChI=1S/C18H19N3O4/c1-23-14-9-15(24-2)11-16(10-14)25-8-7-20-18(22)21-17-6-4-3-5-13(17)12-19/h3-6,9-11H,7-8H2,1-2H3,(H2,20,21,22). The highest BCUT2D eigenvalue weighted by Crippen LogP contribution is 2.27. The molecule has 0 radical (unpaired) electrons. The molecule has 0 spiro atoms. The van der Waals surface area contributed by atoms with Gasteiger partial charge in [0.15, 0.2) is 0 Å². The smallest absolute Gasteiger partial charge is 0.319 e. The summed E-state index contributed by atoms with van der Waals surface area (Å²) >= 11 is 0. The van der Waals surface area contributed by atoms with Crippen molar-refractivity contribution in [3.63, 3.8) is 0 Å². The average molecular weight is 341 g/mol. The second kappa shape index (κ2) is 9.03. The van der Waals surface area contributed by atoms with Gasteiger partial charge in [-0.1, -0.05) is 12.1 Å². The molecular formula is C18H19N3O4. The molecule has 2 rings (SSSR count). The van der Waals surface area contributed by atoms with E-state index in [0.29, 0.717) is 35.0 Å². The van der Waals surface area contributed by atoms with Gasteiger partial charge in [0.25, 0.3) is 0 Å². The Labute approximate surface area is 146 Å². The Balaban J connectivity index is 1.81. The predicted octanol–water partition coefficient (Wildman–Crippen LogP) is 2.78. The molecule has 0 aliphatic rings. The van der Waals surface area contributed by atoms with Crippen LogP contribution in [0.2, 0.25) is 0 Å².